The molecule has 0 aliphatic carbocycles. The molecule has 0 bridgehead atoms. The van der Waals surface area contributed by atoms with Gasteiger partial charge in [-0.15, -0.1) is 0 Å². The van der Waals surface area contributed by atoms with E-state index in [1.807, 2.05) is 0 Å². The van der Waals surface area contributed by atoms with Gasteiger partial charge in [0.05, 0.1) is 12.1 Å². The zero-order valence-corrected chi connectivity index (χ0v) is 9.02. The van der Waals surface area contributed by atoms with Gasteiger partial charge in [-0.05, 0) is 22.0 Å². The molecule has 0 saturated heterocycles. The van der Waals surface area contributed by atoms with E-state index in [4.69, 9.17) is 21.4 Å². The summed E-state index contributed by atoms with van der Waals surface area (Å²) in [5.74, 6) is -0.796. The van der Waals surface area contributed by atoms with Gasteiger partial charge in [-0.3, -0.25) is 0 Å². The predicted molar refractivity (Wildman–Crippen MR) is 52.7 cm³/mol. The number of halogens is 2. The number of ether oxygens (including phenoxy) is 1. The Labute approximate surface area is 88.4 Å². The first-order valence-corrected chi connectivity index (χ1v) is 4.49. The fourth-order valence-corrected chi connectivity index (χ4v) is 1.36. The van der Waals surface area contributed by atoms with Crippen LogP contribution in [0.1, 0.15) is 10.4 Å². The largest absolute Gasteiger partial charge is 0.496 e. The van der Waals surface area contributed by atoms with Crippen molar-refractivity contribution in [2.75, 3.05) is 7.11 Å². The minimum Gasteiger partial charge on any atom is -0.496 e. The molecule has 0 heterocycles. The van der Waals surface area contributed by atoms with E-state index in [2.05, 4.69) is 15.9 Å². The summed E-state index contributed by atoms with van der Waals surface area (Å²) in [5, 5.41) is 9.19. The molecule has 1 aromatic rings. The lowest BCUT2D eigenvalue weighted by molar-refractivity contribution is 0.0693. The second-order valence-corrected chi connectivity index (χ2v) is 3.53. The minimum atomic E-state index is -1.05. The zero-order chi connectivity index (χ0) is 10.0. The molecule has 0 aromatic heterocycles. The van der Waals surface area contributed by atoms with Crippen LogP contribution in [-0.4, -0.2) is 18.2 Å². The molecule has 0 aliphatic heterocycles. The molecular weight excluding hydrogens is 259 g/mol. The van der Waals surface area contributed by atoms with Crippen LogP contribution in [0.15, 0.2) is 16.6 Å². The Bertz CT molecular complexity index is 351. The number of hydrogen-bond acceptors (Lipinski definition) is 2. The van der Waals surface area contributed by atoms with Crippen molar-refractivity contribution in [2.24, 2.45) is 0 Å². The molecule has 0 spiro atoms. The minimum absolute atomic E-state index is 0.0822. The van der Waals surface area contributed by atoms with Crippen molar-refractivity contribution in [1.82, 2.24) is 0 Å². The van der Waals surface area contributed by atoms with E-state index >= 15 is 0 Å². The number of carboxylic acid groups (broad SMARTS) is 1. The number of carboxylic acids is 1. The Morgan fingerprint density at radius 3 is 2.69 bits per heavy atom. The third-order valence-corrected chi connectivity index (χ3v) is 2.67. The van der Waals surface area contributed by atoms with Crippen LogP contribution in [-0.2, 0) is 0 Å². The van der Waals surface area contributed by atoms with Crippen LogP contribution in [0.3, 0.4) is 0 Å². The zero-order valence-electron chi connectivity index (χ0n) is 6.67. The molecule has 0 aliphatic rings. The summed E-state index contributed by atoms with van der Waals surface area (Å²) in [6, 6.07) is 2.86. The maximum absolute atomic E-state index is 10.7. The van der Waals surface area contributed by atoms with Crippen LogP contribution in [0.2, 0.25) is 5.02 Å². The highest BCUT2D eigenvalue weighted by atomic mass is 79.9. The standard InChI is InChI=1S/C8H6BrClO3/c1-13-7-3-6(10)5(9)2-4(7)8(11)12/h2-3H,1H3,(H,11,12). The van der Waals surface area contributed by atoms with Crippen LogP contribution in [0, 0.1) is 0 Å². The van der Waals surface area contributed by atoms with Gasteiger partial charge in [0.2, 0.25) is 0 Å². The quantitative estimate of drug-likeness (QED) is 0.894. The van der Waals surface area contributed by atoms with Gasteiger partial charge < -0.3 is 9.84 Å². The van der Waals surface area contributed by atoms with E-state index in [0.717, 1.165) is 0 Å². The third kappa shape index (κ3) is 2.14. The fourth-order valence-electron chi connectivity index (χ4n) is 0.865. The van der Waals surface area contributed by atoms with Crippen LogP contribution in [0.5, 0.6) is 5.75 Å². The van der Waals surface area contributed by atoms with E-state index < -0.39 is 5.97 Å². The normalized spacial score (nSPS) is 9.77. The lowest BCUT2D eigenvalue weighted by Gasteiger charge is -2.06. The average Bonchev–Trinajstić information content (AvgIpc) is 2.08. The summed E-state index contributed by atoms with van der Waals surface area (Å²) < 4.78 is 5.39. The summed E-state index contributed by atoms with van der Waals surface area (Å²) in [6.07, 6.45) is 0. The Hall–Kier alpha value is -0.740. The third-order valence-electron chi connectivity index (χ3n) is 1.47. The second kappa shape index (κ2) is 3.98. The molecular formula is C8H6BrClO3. The highest BCUT2D eigenvalue weighted by Gasteiger charge is 2.13. The highest BCUT2D eigenvalue weighted by molar-refractivity contribution is 9.10. The first-order valence-electron chi connectivity index (χ1n) is 3.32. The van der Waals surface area contributed by atoms with Crippen molar-refractivity contribution in [3.63, 3.8) is 0 Å². The summed E-state index contributed by atoms with van der Waals surface area (Å²) in [7, 11) is 1.39. The molecule has 5 heteroatoms. The molecule has 3 nitrogen and oxygen atoms in total. The van der Waals surface area contributed by atoms with Crippen LogP contribution >= 0.6 is 27.5 Å². The molecule has 70 valence electrons. The summed E-state index contributed by atoms with van der Waals surface area (Å²) in [4.78, 5) is 10.7. The molecule has 0 atom stereocenters. The van der Waals surface area contributed by atoms with Gasteiger partial charge in [-0.2, -0.15) is 0 Å². The van der Waals surface area contributed by atoms with E-state index in [1.165, 1.54) is 19.2 Å². The average molecular weight is 265 g/mol. The summed E-state index contributed by atoms with van der Waals surface area (Å²) in [6.45, 7) is 0. The van der Waals surface area contributed by atoms with Crippen molar-refractivity contribution >= 4 is 33.5 Å². The number of benzene rings is 1. The molecule has 13 heavy (non-hydrogen) atoms. The first kappa shape index (κ1) is 10.3. The van der Waals surface area contributed by atoms with Gasteiger partial charge in [0.1, 0.15) is 11.3 Å². The maximum Gasteiger partial charge on any atom is 0.339 e. The Balaban J connectivity index is 3.33. The van der Waals surface area contributed by atoms with Crippen molar-refractivity contribution in [2.45, 2.75) is 0 Å². The lowest BCUT2D eigenvalue weighted by Crippen LogP contribution is -2.00. The number of carbonyl (C=O) groups is 1. The molecule has 0 fully saturated rings. The van der Waals surface area contributed by atoms with Crippen molar-refractivity contribution in [3.05, 3.63) is 27.2 Å². The molecule has 1 N–H and O–H groups in total. The number of hydrogen-bond donors (Lipinski definition) is 1. The van der Waals surface area contributed by atoms with Crippen LogP contribution < -0.4 is 4.74 Å². The van der Waals surface area contributed by atoms with E-state index in [9.17, 15) is 4.79 Å². The maximum atomic E-state index is 10.7. The molecule has 0 unspecified atom stereocenters. The molecule has 0 radical (unpaired) electrons. The van der Waals surface area contributed by atoms with Crippen molar-refractivity contribution in [3.8, 4) is 5.75 Å². The Morgan fingerprint density at radius 1 is 1.62 bits per heavy atom. The van der Waals surface area contributed by atoms with Gasteiger partial charge >= 0.3 is 5.97 Å². The van der Waals surface area contributed by atoms with Gasteiger partial charge in [-0.25, -0.2) is 4.79 Å². The second-order valence-electron chi connectivity index (χ2n) is 2.27. The molecule has 0 saturated carbocycles. The van der Waals surface area contributed by atoms with Crippen LogP contribution in [0.4, 0.5) is 0 Å². The Kier molecular flexibility index (Phi) is 3.17. The van der Waals surface area contributed by atoms with Crippen LogP contribution in [0.25, 0.3) is 0 Å². The number of methoxy groups -OCH3 is 1. The molecule has 1 aromatic carbocycles. The summed E-state index contributed by atoms with van der Waals surface area (Å²) in [5.41, 5.74) is 0.0822. The van der Waals surface area contributed by atoms with Gasteiger partial charge in [-0.1, -0.05) is 11.6 Å². The monoisotopic (exact) mass is 264 g/mol. The number of aromatic carboxylic acids is 1. The van der Waals surface area contributed by atoms with Gasteiger partial charge in [0, 0.05) is 10.5 Å². The fraction of sp³-hybridized carbons (Fsp3) is 0.125. The topological polar surface area (TPSA) is 46.5 Å². The van der Waals surface area contributed by atoms with Gasteiger partial charge in [0.25, 0.3) is 0 Å². The van der Waals surface area contributed by atoms with E-state index in [-0.39, 0.29) is 11.3 Å². The first-order chi connectivity index (χ1) is 6.06. The summed E-state index contributed by atoms with van der Waals surface area (Å²) >= 11 is 8.88. The van der Waals surface area contributed by atoms with Crippen molar-refractivity contribution < 1.29 is 14.6 Å². The SMILES string of the molecule is COc1cc(Cl)c(Br)cc1C(=O)O. The van der Waals surface area contributed by atoms with E-state index in [1.54, 1.807) is 0 Å². The van der Waals surface area contributed by atoms with E-state index in [0.29, 0.717) is 9.50 Å². The smallest absolute Gasteiger partial charge is 0.339 e. The molecule has 0 amide bonds. The predicted octanol–water partition coefficient (Wildman–Crippen LogP) is 2.81. The van der Waals surface area contributed by atoms with Crippen molar-refractivity contribution in [1.29, 1.82) is 0 Å². The Morgan fingerprint density at radius 2 is 2.23 bits per heavy atom. The molecule has 1 rings (SSSR count). The highest BCUT2D eigenvalue weighted by Crippen LogP contribution is 2.30. The van der Waals surface area contributed by atoms with Gasteiger partial charge in [0.15, 0.2) is 0 Å². The lowest BCUT2D eigenvalue weighted by atomic mass is 10.2. The number of rotatable bonds is 2.